The number of rotatable bonds is 21. The molecule has 15 atom stereocenters. The topological polar surface area (TPSA) is 455 Å². The molecule has 4 heterocycles. The fourth-order valence-corrected chi connectivity index (χ4v) is 9.15. The molecule has 4 aliphatic heterocycles. The van der Waals surface area contributed by atoms with Crippen LogP contribution in [0.3, 0.4) is 0 Å². The molecular formula is C56H61O30+. The Kier molecular flexibility index (Phi) is 20.3. The number of carbonyl (C=O) groups is 4. The summed E-state index contributed by atoms with van der Waals surface area (Å²) in [5.74, 6) is -8.00. The number of aliphatic carboxylic acids is 1. The number of aliphatic hydroxyl groups is 8. The predicted octanol–water partition coefficient (Wildman–Crippen LogP) is -0.410. The van der Waals surface area contributed by atoms with Gasteiger partial charge in [-0.05, 0) is 65.7 Å². The van der Waals surface area contributed by atoms with Crippen molar-refractivity contribution >= 4 is 42.1 Å². The van der Waals surface area contributed by atoms with Gasteiger partial charge in [0, 0.05) is 24.3 Å². The van der Waals surface area contributed by atoms with Crippen molar-refractivity contribution in [3.8, 4) is 57.5 Å². The van der Waals surface area contributed by atoms with Crippen LogP contribution in [0.4, 0.5) is 0 Å². The number of benzene rings is 4. The zero-order chi connectivity index (χ0) is 62.3. The molecule has 4 aliphatic rings. The number of esters is 3. The Balaban J connectivity index is 1.14. The third-order valence-electron chi connectivity index (χ3n) is 13.7. The summed E-state index contributed by atoms with van der Waals surface area (Å²) in [6, 6.07) is 12.5. The average Bonchev–Trinajstić information content (AvgIpc) is 3.56. The molecule has 464 valence electrons. The minimum atomic E-state index is -2.16. The maximum absolute atomic E-state index is 13.5. The molecule has 1 unspecified atom stereocenters. The summed E-state index contributed by atoms with van der Waals surface area (Å²) in [7, 11) is 3.87. The van der Waals surface area contributed by atoms with Crippen LogP contribution in [-0.2, 0) is 57.1 Å². The minimum absolute atomic E-state index is 0.0195. The first-order valence-electron chi connectivity index (χ1n) is 25.9. The molecule has 0 aliphatic carbocycles. The molecule has 0 bridgehead atoms. The average molecular weight is 1210 g/mol. The highest BCUT2D eigenvalue weighted by molar-refractivity contribution is 5.90. The van der Waals surface area contributed by atoms with Crippen LogP contribution in [0.5, 0.6) is 57.5 Å². The predicted molar refractivity (Wildman–Crippen MR) is 284 cm³/mol. The number of aliphatic hydroxyl groups excluding tert-OH is 7. The lowest BCUT2D eigenvalue weighted by Crippen LogP contribution is -2.63. The molecular weight excluding hydrogens is 1150 g/mol. The molecule has 0 aromatic heterocycles. The number of carbonyl (C=O) groups excluding carboxylic acids is 3. The lowest BCUT2D eigenvalue weighted by molar-refractivity contribution is -0.353. The number of aromatic hydroxyl groups is 6. The number of hydrogen-bond donors (Lipinski definition) is 13. The normalized spacial score (nSPS) is 28.1. The molecule has 30 heteroatoms. The monoisotopic (exact) mass is 1210 g/mol. The summed E-state index contributed by atoms with van der Waals surface area (Å²) in [6.45, 7) is -2.32. The number of ether oxygens (including phenoxy) is 13. The van der Waals surface area contributed by atoms with Crippen molar-refractivity contribution in [3.63, 3.8) is 0 Å². The van der Waals surface area contributed by atoms with Crippen LogP contribution in [0.25, 0.3) is 18.2 Å². The van der Waals surface area contributed by atoms with Gasteiger partial charge >= 0.3 is 23.9 Å². The molecule has 30 nitrogen and oxygen atoms in total. The number of phenols is 5. The smallest absolute Gasteiger partial charge is 0.331 e. The zero-order valence-corrected chi connectivity index (χ0v) is 45.4. The van der Waals surface area contributed by atoms with E-state index in [4.69, 9.17) is 66.7 Å². The first-order valence-corrected chi connectivity index (χ1v) is 25.9. The minimum Gasteiger partial charge on any atom is -0.571 e. The maximum atomic E-state index is 13.5. The van der Waals surface area contributed by atoms with E-state index in [1.165, 1.54) is 76.0 Å². The summed E-state index contributed by atoms with van der Waals surface area (Å²) in [5, 5.41) is 140. The van der Waals surface area contributed by atoms with E-state index in [-0.39, 0.29) is 56.9 Å². The lowest BCUT2D eigenvalue weighted by Gasteiger charge is -2.45. The number of carboxylic acids is 1. The van der Waals surface area contributed by atoms with E-state index in [9.17, 15) is 80.5 Å². The highest BCUT2D eigenvalue weighted by atomic mass is 16.8. The number of methoxy groups -OCH3 is 3. The molecule has 86 heavy (non-hydrogen) atoms. The van der Waals surface area contributed by atoms with Gasteiger partial charge in [0.1, 0.15) is 91.6 Å². The van der Waals surface area contributed by atoms with Crippen LogP contribution in [0.1, 0.15) is 34.8 Å². The first kappa shape index (κ1) is 63.4. The van der Waals surface area contributed by atoms with Gasteiger partial charge in [-0.15, -0.1) is 0 Å². The molecule has 4 aromatic rings. The molecule has 0 radical (unpaired) electrons. The standard InChI is InChI=1S/C56H60O30/c1-74-34-12-23(4-8-29(34)59)5-10-41(64)77-21-39-47(70)49(72)53(86-55-52(44(67)31(61)20-79-55)85-42(65)11-6-24-13-35(75-2)45(68)36(14-24)76-3)56(84-39)82-37-18-27-32(80-51(37)25-7-9-28(58)30(60)15-25)16-26(57)17-33(27)81-54-50(73)48(71)46(69)38(83-54)22-78-43(66)19-40(62)63/h4-18,31,38-39,44,46-61,67-73H,19-22H2,1-3H3,(H,62,63)/p+1/b10-5+,11-6+/t31-,38+,39-,44-,46-,47-,48+,49-,50+,51?,52-,53-,54-,55-,56-/m1/s1. The van der Waals surface area contributed by atoms with Crippen molar-refractivity contribution in [2.24, 2.45) is 0 Å². The fourth-order valence-electron chi connectivity index (χ4n) is 9.15. The maximum Gasteiger partial charge on any atom is 0.331 e. The van der Waals surface area contributed by atoms with E-state index < -0.39 is 165 Å². The Bertz CT molecular complexity index is 3170. The van der Waals surface area contributed by atoms with Crippen LogP contribution >= 0.6 is 0 Å². The Hall–Kier alpha value is -8.66. The van der Waals surface area contributed by atoms with Crippen LogP contribution < -0.4 is 18.9 Å². The van der Waals surface area contributed by atoms with Gasteiger partial charge in [-0.1, -0.05) is 6.07 Å². The quantitative estimate of drug-likeness (QED) is 0.0126. The summed E-state index contributed by atoms with van der Waals surface area (Å²) in [5.41, 5.74) is 0.592. The second-order valence-corrected chi connectivity index (χ2v) is 19.5. The zero-order valence-electron chi connectivity index (χ0n) is 45.4. The second kappa shape index (κ2) is 27.6. The Labute approximate surface area is 486 Å². The summed E-state index contributed by atoms with van der Waals surface area (Å²) in [4.78, 5) is 49.8. The van der Waals surface area contributed by atoms with Crippen LogP contribution in [-0.4, -0.2) is 222 Å². The van der Waals surface area contributed by atoms with Crippen molar-refractivity contribution in [2.75, 3.05) is 41.2 Å². The van der Waals surface area contributed by atoms with Crippen molar-refractivity contribution in [1.82, 2.24) is 0 Å². The number of carboxylic acid groups (broad SMARTS) is 1. The lowest BCUT2D eigenvalue weighted by atomic mass is 9.97. The number of hydrogen-bond acceptors (Lipinski definition) is 28. The molecule has 0 amide bonds. The number of phenolic OH excluding ortho intramolecular Hbond substituents is 5. The summed E-state index contributed by atoms with van der Waals surface area (Å²) >= 11 is 0. The third kappa shape index (κ3) is 14.7. The summed E-state index contributed by atoms with van der Waals surface area (Å²) in [6.07, 6.45) is -24.0. The van der Waals surface area contributed by atoms with Gasteiger partial charge in [0.25, 0.3) is 11.9 Å². The van der Waals surface area contributed by atoms with E-state index in [0.717, 1.165) is 36.4 Å². The van der Waals surface area contributed by atoms with Gasteiger partial charge in [0.2, 0.25) is 18.3 Å². The van der Waals surface area contributed by atoms with E-state index in [1.54, 1.807) is 0 Å². The number of fused-ring (bicyclic) bond motifs is 1. The van der Waals surface area contributed by atoms with E-state index in [1.807, 2.05) is 0 Å². The van der Waals surface area contributed by atoms with Gasteiger partial charge in [0.15, 0.2) is 58.8 Å². The molecule has 14 N–H and O–H groups in total. The molecule has 4 aromatic carbocycles. The van der Waals surface area contributed by atoms with Crippen molar-refractivity contribution in [3.05, 3.63) is 101 Å². The molecule has 0 saturated carbocycles. The van der Waals surface area contributed by atoms with Gasteiger partial charge in [0.05, 0.1) is 39.6 Å². The second-order valence-electron chi connectivity index (χ2n) is 19.5. The van der Waals surface area contributed by atoms with Crippen molar-refractivity contribution in [1.29, 1.82) is 0 Å². The van der Waals surface area contributed by atoms with Crippen molar-refractivity contribution in [2.45, 2.75) is 98.5 Å². The molecule has 0 spiro atoms. The molecule has 3 fully saturated rings. The third-order valence-corrected chi connectivity index (χ3v) is 13.7. The Morgan fingerprint density at radius 2 is 1.23 bits per heavy atom. The highest BCUT2D eigenvalue weighted by Gasteiger charge is 2.53. The van der Waals surface area contributed by atoms with E-state index >= 15 is 0 Å². The Morgan fingerprint density at radius 1 is 0.605 bits per heavy atom. The SMILES string of the molecule is COc1cc(/C=C/C(=O)OC[C@H]2O[C@@H](OC3=Cc4c(O[C@@H]5O[C@@H](COC(=O)CC(=O)O)[C@@H](O)[C@H](O)[C@@H]5O)cc(O)cc4[OH+]C3c3ccc(O)c(O)c3)[C@H](O[C@H]3OC[C@@H](O)[C@@H](O)[C@H]3OC(=O)/C=C/c3cc(OC)c(O)c(OC)c3)[C@H](O)[C@@H]2O)ccc1O. The molecule has 3 saturated heterocycles. The molecule has 8 rings (SSSR count). The first-order chi connectivity index (χ1) is 41.0. The van der Waals surface area contributed by atoms with Crippen LogP contribution in [0.15, 0.2) is 78.6 Å². The van der Waals surface area contributed by atoms with Gasteiger partial charge in [-0.3, -0.25) is 9.59 Å². The van der Waals surface area contributed by atoms with Gasteiger partial charge in [-0.2, -0.15) is 0 Å². The highest BCUT2D eigenvalue weighted by Crippen LogP contribution is 2.48. The largest absolute Gasteiger partial charge is 0.571 e. The van der Waals surface area contributed by atoms with E-state index in [0.29, 0.717) is 5.56 Å². The van der Waals surface area contributed by atoms with Crippen molar-refractivity contribution < 1.29 is 147 Å². The van der Waals surface area contributed by atoms with Gasteiger partial charge < -0.3 is 128 Å². The van der Waals surface area contributed by atoms with E-state index in [2.05, 4.69) is 0 Å². The Morgan fingerprint density at radius 3 is 1.91 bits per heavy atom. The van der Waals surface area contributed by atoms with Crippen LogP contribution in [0.2, 0.25) is 0 Å². The summed E-state index contributed by atoms with van der Waals surface area (Å²) < 4.78 is 72.4. The van der Waals surface area contributed by atoms with Crippen LogP contribution in [0, 0.1) is 0 Å². The fraction of sp³-hybridized carbons (Fsp3) is 0.393. The van der Waals surface area contributed by atoms with Gasteiger partial charge in [-0.25, -0.2) is 9.59 Å².